The maximum atomic E-state index is 11.0. The number of nitrogens with zero attached hydrogens (tertiary/aromatic N) is 3. The number of nitro groups is 1. The van der Waals surface area contributed by atoms with E-state index in [1.807, 2.05) is 38.1 Å². The maximum absolute atomic E-state index is 11.0. The van der Waals surface area contributed by atoms with Gasteiger partial charge >= 0.3 is 0 Å². The third kappa shape index (κ3) is 3.81. The molecule has 1 aromatic heterocycles. The zero-order chi connectivity index (χ0) is 21.4. The van der Waals surface area contributed by atoms with Crippen LogP contribution < -0.4 is 0 Å². The summed E-state index contributed by atoms with van der Waals surface area (Å²) in [5, 5.41) is 21.2. The number of nitro benzene ring substituents is 1. The second kappa shape index (κ2) is 7.72. The van der Waals surface area contributed by atoms with Crippen molar-refractivity contribution in [2.75, 3.05) is 0 Å². The van der Waals surface area contributed by atoms with Gasteiger partial charge in [-0.2, -0.15) is 0 Å². The Hall–Kier alpha value is -3.52. The van der Waals surface area contributed by atoms with Crippen molar-refractivity contribution in [1.29, 1.82) is 0 Å². The fourth-order valence-corrected chi connectivity index (χ4v) is 3.44. The van der Waals surface area contributed by atoms with Gasteiger partial charge < -0.3 is 9.52 Å². The molecule has 0 radical (unpaired) electrons. The molecule has 1 heterocycles. The first-order valence-electron chi connectivity index (χ1n) is 9.01. The van der Waals surface area contributed by atoms with Gasteiger partial charge in [-0.15, -0.1) is 0 Å². The monoisotopic (exact) mass is 465 g/mol. The van der Waals surface area contributed by atoms with Crippen LogP contribution in [0.1, 0.15) is 16.7 Å². The van der Waals surface area contributed by atoms with Gasteiger partial charge in [-0.25, -0.2) is 4.98 Å². The summed E-state index contributed by atoms with van der Waals surface area (Å²) in [4.78, 5) is 19.4. The maximum Gasteiger partial charge on any atom is 0.271 e. The Balaban J connectivity index is 1.69. The molecule has 0 spiro atoms. The van der Waals surface area contributed by atoms with Crippen LogP contribution in [-0.2, 0) is 0 Å². The highest BCUT2D eigenvalue weighted by Gasteiger charge is 2.14. The van der Waals surface area contributed by atoms with Gasteiger partial charge in [0.05, 0.1) is 15.1 Å². The fourth-order valence-electron chi connectivity index (χ4n) is 2.98. The highest BCUT2D eigenvalue weighted by molar-refractivity contribution is 9.10. The number of phenols is 1. The Morgan fingerprint density at radius 2 is 1.93 bits per heavy atom. The van der Waals surface area contributed by atoms with Gasteiger partial charge in [-0.3, -0.25) is 15.1 Å². The second-order valence-corrected chi connectivity index (χ2v) is 7.71. The van der Waals surface area contributed by atoms with Crippen molar-refractivity contribution in [3.63, 3.8) is 0 Å². The normalized spacial score (nSPS) is 11.4. The number of aromatic nitrogens is 1. The zero-order valence-corrected chi connectivity index (χ0v) is 17.7. The number of non-ortho nitro benzene ring substituents is 1. The van der Waals surface area contributed by atoms with Crippen LogP contribution in [0.15, 0.2) is 62.4 Å². The van der Waals surface area contributed by atoms with E-state index in [0.29, 0.717) is 17.2 Å². The van der Waals surface area contributed by atoms with Crippen LogP contribution in [0.2, 0.25) is 0 Å². The number of aryl methyl sites for hydroxylation is 2. The molecule has 4 aromatic rings. The third-order valence-electron chi connectivity index (χ3n) is 4.74. The van der Waals surface area contributed by atoms with Gasteiger partial charge in [0.25, 0.3) is 5.69 Å². The van der Waals surface area contributed by atoms with Gasteiger partial charge in [-0.05, 0) is 71.2 Å². The molecule has 0 amide bonds. The van der Waals surface area contributed by atoms with Crippen LogP contribution in [-0.4, -0.2) is 21.2 Å². The summed E-state index contributed by atoms with van der Waals surface area (Å²) in [7, 11) is 0. The number of aliphatic imine (C=N–C) groups is 1. The van der Waals surface area contributed by atoms with Crippen molar-refractivity contribution in [1.82, 2.24) is 4.98 Å². The second-order valence-electron chi connectivity index (χ2n) is 6.85. The van der Waals surface area contributed by atoms with Crippen LogP contribution in [0.3, 0.4) is 0 Å². The molecule has 0 fully saturated rings. The number of hydrogen-bond acceptors (Lipinski definition) is 6. The predicted octanol–water partition coefficient (Wildman–Crippen LogP) is 6.24. The number of hydrogen-bond donors (Lipinski definition) is 1. The number of aromatic hydroxyl groups is 1. The van der Waals surface area contributed by atoms with Crippen molar-refractivity contribution in [3.8, 4) is 17.2 Å². The van der Waals surface area contributed by atoms with Gasteiger partial charge in [0, 0.05) is 29.5 Å². The lowest BCUT2D eigenvalue weighted by Gasteiger charge is -2.02. The Morgan fingerprint density at radius 1 is 1.17 bits per heavy atom. The van der Waals surface area contributed by atoms with Crippen LogP contribution >= 0.6 is 15.9 Å². The number of fused-ring (bicyclic) bond motifs is 1. The Labute approximate surface area is 180 Å². The number of rotatable bonds is 4. The largest absolute Gasteiger partial charge is 0.506 e. The molecule has 7 nitrogen and oxygen atoms in total. The zero-order valence-electron chi connectivity index (χ0n) is 16.1. The third-order valence-corrected chi connectivity index (χ3v) is 5.34. The standard InChI is InChI=1S/C22H16BrN3O4/c1-12-6-19-20(7-13(12)2)30-22(25-19)14-4-3-5-16(8-14)24-11-15-9-17(26(28)29)10-18(23)21(15)27/h3-11,27H,1-2H3. The highest BCUT2D eigenvalue weighted by atomic mass is 79.9. The van der Waals surface area contributed by atoms with Crippen molar-refractivity contribution >= 4 is 44.6 Å². The molecule has 0 saturated heterocycles. The molecule has 0 saturated carbocycles. The first-order valence-corrected chi connectivity index (χ1v) is 9.80. The summed E-state index contributed by atoms with van der Waals surface area (Å²) < 4.78 is 6.13. The molecule has 0 unspecified atom stereocenters. The predicted molar refractivity (Wildman–Crippen MR) is 119 cm³/mol. The number of phenolic OH excluding ortho intramolecular Hbond substituents is 1. The van der Waals surface area contributed by atoms with Gasteiger partial charge in [0.1, 0.15) is 11.3 Å². The molecule has 8 heteroatoms. The Kier molecular flexibility index (Phi) is 5.09. The fraction of sp³-hybridized carbons (Fsp3) is 0.0909. The van der Waals surface area contributed by atoms with E-state index in [1.165, 1.54) is 18.3 Å². The first-order chi connectivity index (χ1) is 14.3. The molecule has 0 aliphatic carbocycles. The Morgan fingerprint density at radius 3 is 2.70 bits per heavy atom. The average molecular weight is 466 g/mol. The average Bonchev–Trinajstić information content (AvgIpc) is 3.12. The van der Waals surface area contributed by atoms with E-state index >= 15 is 0 Å². The topological polar surface area (TPSA) is 102 Å². The van der Waals surface area contributed by atoms with Gasteiger partial charge in [0.2, 0.25) is 5.89 Å². The van der Waals surface area contributed by atoms with Gasteiger partial charge in [-0.1, -0.05) is 6.07 Å². The minimum absolute atomic E-state index is 0.120. The molecule has 150 valence electrons. The van der Waals surface area contributed by atoms with E-state index in [1.54, 1.807) is 12.1 Å². The lowest BCUT2D eigenvalue weighted by molar-refractivity contribution is -0.385. The van der Waals surface area contributed by atoms with Crippen LogP contribution in [0, 0.1) is 24.0 Å². The summed E-state index contributed by atoms with van der Waals surface area (Å²) in [6, 6.07) is 13.7. The minimum Gasteiger partial charge on any atom is -0.506 e. The van der Waals surface area contributed by atoms with E-state index in [9.17, 15) is 15.2 Å². The summed E-state index contributed by atoms with van der Waals surface area (Å²) >= 11 is 3.12. The molecule has 0 atom stereocenters. The van der Waals surface area contributed by atoms with Crippen molar-refractivity contribution in [2.45, 2.75) is 13.8 Å². The minimum atomic E-state index is -0.529. The summed E-state index contributed by atoms with van der Waals surface area (Å²) in [6.45, 7) is 4.05. The van der Waals surface area contributed by atoms with E-state index in [0.717, 1.165) is 22.2 Å². The molecule has 4 rings (SSSR count). The van der Waals surface area contributed by atoms with Crippen LogP contribution in [0.25, 0.3) is 22.6 Å². The van der Waals surface area contributed by atoms with E-state index in [-0.39, 0.29) is 21.5 Å². The highest BCUT2D eigenvalue weighted by Crippen LogP contribution is 2.32. The molecule has 3 aromatic carbocycles. The van der Waals surface area contributed by atoms with Crippen molar-refractivity contribution < 1.29 is 14.4 Å². The molecule has 30 heavy (non-hydrogen) atoms. The Bertz CT molecular complexity index is 1290. The van der Waals surface area contributed by atoms with E-state index < -0.39 is 4.92 Å². The molecule has 0 aliphatic rings. The van der Waals surface area contributed by atoms with E-state index in [4.69, 9.17) is 4.42 Å². The first kappa shape index (κ1) is 19.8. The number of halogens is 1. The lowest BCUT2D eigenvalue weighted by atomic mass is 10.1. The van der Waals surface area contributed by atoms with Crippen LogP contribution in [0.5, 0.6) is 5.75 Å². The van der Waals surface area contributed by atoms with Gasteiger partial charge in [0.15, 0.2) is 5.58 Å². The van der Waals surface area contributed by atoms with Crippen molar-refractivity contribution in [2.24, 2.45) is 4.99 Å². The summed E-state index contributed by atoms with van der Waals surface area (Å²) in [5.41, 5.74) is 5.20. The van der Waals surface area contributed by atoms with Crippen LogP contribution in [0.4, 0.5) is 11.4 Å². The summed E-state index contributed by atoms with van der Waals surface area (Å²) in [6.07, 6.45) is 1.38. The quantitative estimate of drug-likeness (QED) is 0.218. The SMILES string of the molecule is Cc1cc2nc(-c3cccc(N=Cc4cc([N+](=O)[O-])cc(Br)c4O)c3)oc2cc1C. The smallest absolute Gasteiger partial charge is 0.271 e. The molecular weight excluding hydrogens is 450 g/mol. The number of oxazole rings is 1. The lowest BCUT2D eigenvalue weighted by Crippen LogP contribution is -1.91. The molecule has 0 aliphatic heterocycles. The molecule has 0 bridgehead atoms. The van der Waals surface area contributed by atoms with E-state index in [2.05, 4.69) is 25.9 Å². The van der Waals surface area contributed by atoms with Crippen molar-refractivity contribution in [3.05, 3.63) is 79.8 Å². The number of benzene rings is 3. The molecule has 1 N–H and O–H groups in total. The summed E-state index contributed by atoms with van der Waals surface area (Å²) in [5.74, 6) is 0.359. The molecular formula is C22H16BrN3O4.